The van der Waals surface area contributed by atoms with Crippen LogP contribution in [0.5, 0.6) is 0 Å². The van der Waals surface area contributed by atoms with Crippen molar-refractivity contribution in [3.63, 3.8) is 0 Å². The lowest BCUT2D eigenvalue weighted by Gasteiger charge is -2.11. The number of rotatable bonds is 3. The van der Waals surface area contributed by atoms with Crippen LogP contribution in [-0.2, 0) is 6.54 Å². The molecule has 0 bridgehead atoms. The van der Waals surface area contributed by atoms with E-state index < -0.39 is 0 Å². The minimum absolute atomic E-state index is 0.778. The molecular formula is C23H17N3. The molecular weight excluding hydrogens is 318 g/mol. The maximum Gasteiger partial charge on any atom is 0.143 e. The lowest BCUT2D eigenvalue weighted by Crippen LogP contribution is -2.02. The van der Waals surface area contributed by atoms with Crippen molar-refractivity contribution in [1.82, 2.24) is 14.5 Å². The summed E-state index contributed by atoms with van der Waals surface area (Å²) >= 11 is 0. The molecule has 0 aliphatic heterocycles. The van der Waals surface area contributed by atoms with Gasteiger partial charge in [-0.1, -0.05) is 60.7 Å². The summed E-state index contributed by atoms with van der Waals surface area (Å²) in [7, 11) is 0. The highest BCUT2D eigenvalue weighted by Gasteiger charge is 2.15. The van der Waals surface area contributed by atoms with Crippen LogP contribution in [-0.4, -0.2) is 14.5 Å². The fourth-order valence-electron chi connectivity index (χ4n) is 3.49. The summed E-state index contributed by atoms with van der Waals surface area (Å²) in [6.07, 6.45) is 1.84. The van der Waals surface area contributed by atoms with E-state index in [4.69, 9.17) is 4.98 Å². The Morgan fingerprint density at radius 1 is 0.731 bits per heavy atom. The van der Waals surface area contributed by atoms with E-state index in [2.05, 4.69) is 76.3 Å². The first-order valence-corrected chi connectivity index (χ1v) is 8.73. The van der Waals surface area contributed by atoms with Gasteiger partial charge in [0.25, 0.3) is 0 Å². The molecule has 124 valence electrons. The van der Waals surface area contributed by atoms with Gasteiger partial charge in [-0.3, -0.25) is 4.98 Å². The second-order valence-electron chi connectivity index (χ2n) is 6.38. The summed E-state index contributed by atoms with van der Waals surface area (Å²) in [5.74, 6) is 0.958. The summed E-state index contributed by atoms with van der Waals surface area (Å²) in [4.78, 5) is 9.57. The van der Waals surface area contributed by atoms with Gasteiger partial charge >= 0.3 is 0 Å². The van der Waals surface area contributed by atoms with Gasteiger partial charge in [0.2, 0.25) is 0 Å². The number of imidazole rings is 1. The van der Waals surface area contributed by atoms with E-state index in [0.29, 0.717) is 0 Å². The van der Waals surface area contributed by atoms with Gasteiger partial charge in [0, 0.05) is 23.7 Å². The fraction of sp³-hybridized carbons (Fsp3) is 0.0435. The van der Waals surface area contributed by atoms with Crippen molar-refractivity contribution < 1.29 is 0 Å². The summed E-state index contributed by atoms with van der Waals surface area (Å²) < 4.78 is 2.29. The van der Waals surface area contributed by atoms with E-state index >= 15 is 0 Å². The smallest absolute Gasteiger partial charge is 0.143 e. The van der Waals surface area contributed by atoms with E-state index in [1.165, 1.54) is 5.56 Å². The average molecular weight is 335 g/mol. The minimum atomic E-state index is 0.778. The highest BCUT2D eigenvalue weighted by Crippen LogP contribution is 2.30. The highest BCUT2D eigenvalue weighted by molar-refractivity contribution is 5.94. The second kappa shape index (κ2) is 6.12. The van der Waals surface area contributed by atoms with Crippen LogP contribution in [0, 0.1) is 0 Å². The van der Waals surface area contributed by atoms with Crippen LogP contribution >= 0.6 is 0 Å². The number of para-hydroxylation sites is 3. The molecule has 0 fully saturated rings. The molecule has 2 heterocycles. The third-order valence-corrected chi connectivity index (χ3v) is 4.71. The Kier molecular flexibility index (Phi) is 3.49. The van der Waals surface area contributed by atoms with Crippen LogP contribution in [0.1, 0.15) is 5.56 Å². The number of pyridine rings is 1. The molecule has 0 aliphatic carbocycles. The molecule has 0 atom stereocenters. The summed E-state index contributed by atoms with van der Waals surface area (Å²) in [6.45, 7) is 0.778. The summed E-state index contributed by atoms with van der Waals surface area (Å²) in [5.41, 5.74) is 5.45. The summed E-state index contributed by atoms with van der Waals surface area (Å²) in [5, 5.41) is 1.13. The number of nitrogens with zero attached hydrogens (tertiary/aromatic N) is 3. The molecule has 0 saturated carbocycles. The third-order valence-electron chi connectivity index (χ3n) is 4.71. The molecule has 26 heavy (non-hydrogen) atoms. The first-order valence-electron chi connectivity index (χ1n) is 8.73. The zero-order valence-electron chi connectivity index (χ0n) is 14.2. The maximum absolute atomic E-state index is 4.95. The molecule has 0 amide bonds. The van der Waals surface area contributed by atoms with Gasteiger partial charge in [0.1, 0.15) is 5.82 Å². The molecule has 3 nitrogen and oxygen atoms in total. The van der Waals surface area contributed by atoms with Crippen molar-refractivity contribution in [1.29, 1.82) is 0 Å². The van der Waals surface area contributed by atoms with Gasteiger partial charge in [-0.15, -0.1) is 0 Å². The van der Waals surface area contributed by atoms with E-state index in [9.17, 15) is 0 Å². The van der Waals surface area contributed by atoms with E-state index in [-0.39, 0.29) is 0 Å². The second-order valence-corrected chi connectivity index (χ2v) is 6.38. The zero-order valence-corrected chi connectivity index (χ0v) is 14.2. The lowest BCUT2D eigenvalue weighted by atomic mass is 10.1. The number of benzene rings is 3. The van der Waals surface area contributed by atoms with Gasteiger partial charge in [-0.25, -0.2) is 4.98 Å². The average Bonchev–Trinajstić information content (AvgIpc) is 3.07. The maximum atomic E-state index is 4.95. The fourth-order valence-corrected chi connectivity index (χ4v) is 3.49. The van der Waals surface area contributed by atoms with E-state index in [1.54, 1.807) is 0 Å². The van der Waals surface area contributed by atoms with Crippen LogP contribution in [0.4, 0.5) is 0 Å². The number of hydrogen-bond acceptors (Lipinski definition) is 2. The molecule has 0 unspecified atom stereocenters. The van der Waals surface area contributed by atoms with Gasteiger partial charge in [-0.05, 0) is 29.8 Å². The van der Waals surface area contributed by atoms with Crippen LogP contribution in [0.15, 0.2) is 91.1 Å². The monoisotopic (exact) mass is 335 g/mol. The Labute approximate surface area is 151 Å². The standard InChI is InChI=1S/C23H17N3/c1-2-8-17(9-3-1)16-26-21-14-5-4-13-20(21)25-23(26)19-12-6-10-18-11-7-15-24-22(18)19/h1-15H,16H2. The van der Waals surface area contributed by atoms with Gasteiger partial charge in [-0.2, -0.15) is 0 Å². The molecule has 0 spiro atoms. The van der Waals surface area contributed by atoms with Gasteiger partial charge < -0.3 is 4.57 Å². The Bertz CT molecular complexity index is 1200. The van der Waals surface area contributed by atoms with E-state index in [1.807, 2.05) is 24.4 Å². The largest absolute Gasteiger partial charge is 0.319 e. The van der Waals surface area contributed by atoms with Crippen molar-refractivity contribution in [2.75, 3.05) is 0 Å². The van der Waals surface area contributed by atoms with Gasteiger partial charge in [0.15, 0.2) is 0 Å². The van der Waals surface area contributed by atoms with Crippen molar-refractivity contribution in [3.8, 4) is 11.4 Å². The molecule has 0 radical (unpaired) electrons. The normalized spacial score (nSPS) is 11.2. The first kappa shape index (κ1) is 14.8. The van der Waals surface area contributed by atoms with E-state index in [0.717, 1.165) is 39.9 Å². The van der Waals surface area contributed by atoms with Crippen LogP contribution in [0.2, 0.25) is 0 Å². The highest BCUT2D eigenvalue weighted by atomic mass is 15.1. The van der Waals surface area contributed by atoms with Crippen molar-refractivity contribution in [2.45, 2.75) is 6.54 Å². The topological polar surface area (TPSA) is 30.7 Å². The van der Waals surface area contributed by atoms with Crippen molar-refractivity contribution in [2.24, 2.45) is 0 Å². The Morgan fingerprint density at radius 3 is 2.46 bits per heavy atom. The number of aromatic nitrogens is 3. The molecule has 0 N–H and O–H groups in total. The lowest BCUT2D eigenvalue weighted by molar-refractivity contribution is 0.835. The molecule has 3 aromatic carbocycles. The van der Waals surface area contributed by atoms with Crippen molar-refractivity contribution >= 4 is 21.9 Å². The minimum Gasteiger partial charge on any atom is -0.319 e. The molecule has 5 rings (SSSR count). The molecule has 2 aromatic heterocycles. The zero-order chi connectivity index (χ0) is 17.3. The Hall–Kier alpha value is -3.46. The molecule has 3 heteroatoms. The molecule has 0 aliphatic rings. The quantitative estimate of drug-likeness (QED) is 0.448. The predicted octanol–water partition coefficient (Wildman–Crippen LogP) is 5.30. The number of hydrogen-bond donors (Lipinski definition) is 0. The van der Waals surface area contributed by atoms with Crippen molar-refractivity contribution in [3.05, 3.63) is 96.7 Å². The molecule has 5 aromatic rings. The predicted molar refractivity (Wildman–Crippen MR) is 106 cm³/mol. The number of fused-ring (bicyclic) bond motifs is 2. The van der Waals surface area contributed by atoms with Gasteiger partial charge in [0.05, 0.1) is 16.6 Å². The van der Waals surface area contributed by atoms with Crippen LogP contribution in [0.3, 0.4) is 0 Å². The molecule has 0 saturated heterocycles. The Morgan fingerprint density at radius 2 is 1.54 bits per heavy atom. The third kappa shape index (κ3) is 2.45. The SMILES string of the molecule is c1ccc(Cn2c(-c3cccc4cccnc34)nc3ccccc32)cc1. The first-order chi connectivity index (χ1) is 12.9. The summed E-state index contributed by atoms with van der Waals surface area (Å²) in [6, 6.07) is 29.1. The van der Waals surface area contributed by atoms with Crippen LogP contribution in [0.25, 0.3) is 33.3 Å². The Balaban J connectivity index is 1.78. The van der Waals surface area contributed by atoms with Crippen LogP contribution < -0.4 is 0 Å².